The molecule has 2 atom stereocenters. The van der Waals surface area contributed by atoms with Crippen LogP contribution in [0.5, 0.6) is 0 Å². The average Bonchev–Trinajstić information content (AvgIpc) is 2.42. The zero-order chi connectivity index (χ0) is 13.1. The van der Waals surface area contributed by atoms with Gasteiger partial charge in [0.15, 0.2) is 0 Å². The standard InChI is InChI=1S/C15H31NO/c1-6-15(5,17)12-16-10-7-8-13(9-11-16)14(2,3)4/h13,17H,6-12H2,1-5H3. The first kappa shape index (κ1) is 15.0. The van der Waals surface area contributed by atoms with Crippen LogP contribution in [0, 0.1) is 11.3 Å². The van der Waals surface area contributed by atoms with Gasteiger partial charge >= 0.3 is 0 Å². The molecule has 1 rings (SSSR count). The molecule has 0 aromatic rings. The topological polar surface area (TPSA) is 23.5 Å². The Morgan fingerprint density at radius 3 is 2.29 bits per heavy atom. The molecule has 17 heavy (non-hydrogen) atoms. The van der Waals surface area contributed by atoms with E-state index in [-0.39, 0.29) is 0 Å². The fourth-order valence-electron chi connectivity index (χ4n) is 2.77. The van der Waals surface area contributed by atoms with E-state index >= 15 is 0 Å². The summed E-state index contributed by atoms with van der Waals surface area (Å²) in [4.78, 5) is 2.45. The third-order valence-corrected chi connectivity index (χ3v) is 4.37. The van der Waals surface area contributed by atoms with Gasteiger partial charge in [0.05, 0.1) is 5.60 Å². The molecule has 0 aliphatic carbocycles. The molecule has 0 aromatic heterocycles. The van der Waals surface area contributed by atoms with Crippen LogP contribution in [-0.4, -0.2) is 35.2 Å². The second-order valence-electron chi connectivity index (χ2n) is 7.12. The van der Waals surface area contributed by atoms with Crippen molar-refractivity contribution >= 4 is 0 Å². The Morgan fingerprint density at radius 2 is 1.76 bits per heavy atom. The second kappa shape index (κ2) is 5.71. The molecule has 2 unspecified atom stereocenters. The molecule has 1 fully saturated rings. The van der Waals surface area contributed by atoms with Gasteiger partial charge in [-0.2, -0.15) is 0 Å². The first-order chi connectivity index (χ1) is 7.74. The van der Waals surface area contributed by atoms with Crippen molar-refractivity contribution in [3.05, 3.63) is 0 Å². The van der Waals surface area contributed by atoms with Crippen molar-refractivity contribution in [1.82, 2.24) is 4.90 Å². The maximum Gasteiger partial charge on any atom is 0.0743 e. The lowest BCUT2D eigenvalue weighted by Gasteiger charge is -2.31. The Hall–Kier alpha value is -0.0800. The Labute approximate surface area is 107 Å². The minimum absolute atomic E-state index is 0.434. The minimum atomic E-state index is -0.512. The van der Waals surface area contributed by atoms with E-state index in [1.54, 1.807) is 0 Å². The summed E-state index contributed by atoms with van der Waals surface area (Å²) in [6.45, 7) is 14.2. The highest BCUT2D eigenvalue weighted by molar-refractivity contribution is 4.82. The van der Waals surface area contributed by atoms with Crippen LogP contribution >= 0.6 is 0 Å². The molecule has 0 spiro atoms. The monoisotopic (exact) mass is 241 g/mol. The van der Waals surface area contributed by atoms with Crippen LogP contribution in [0.25, 0.3) is 0 Å². The molecule has 1 aliphatic heterocycles. The molecule has 1 saturated heterocycles. The van der Waals surface area contributed by atoms with Crippen LogP contribution in [0.3, 0.4) is 0 Å². The first-order valence-corrected chi connectivity index (χ1v) is 7.19. The number of hydrogen-bond acceptors (Lipinski definition) is 2. The Morgan fingerprint density at radius 1 is 1.12 bits per heavy atom. The Bertz CT molecular complexity index is 230. The molecular formula is C15H31NO. The fourth-order valence-corrected chi connectivity index (χ4v) is 2.77. The van der Waals surface area contributed by atoms with E-state index in [0.717, 1.165) is 32.0 Å². The van der Waals surface area contributed by atoms with Crippen LogP contribution in [0.1, 0.15) is 60.3 Å². The van der Waals surface area contributed by atoms with Crippen molar-refractivity contribution in [1.29, 1.82) is 0 Å². The molecule has 0 bridgehead atoms. The van der Waals surface area contributed by atoms with Gasteiger partial charge in [-0.3, -0.25) is 0 Å². The predicted molar refractivity (Wildman–Crippen MR) is 74.2 cm³/mol. The van der Waals surface area contributed by atoms with Crippen molar-refractivity contribution in [2.75, 3.05) is 19.6 Å². The van der Waals surface area contributed by atoms with Crippen LogP contribution in [-0.2, 0) is 0 Å². The van der Waals surface area contributed by atoms with Gasteiger partial charge < -0.3 is 10.0 Å². The van der Waals surface area contributed by atoms with Crippen LogP contribution in [0.4, 0.5) is 0 Å². The number of aliphatic hydroxyl groups is 1. The van der Waals surface area contributed by atoms with Crippen molar-refractivity contribution < 1.29 is 5.11 Å². The van der Waals surface area contributed by atoms with Crippen LogP contribution < -0.4 is 0 Å². The van der Waals surface area contributed by atoms with Crippen molar-refractivity contribution in [2.45, 2.75) is 65.9 Å². The third-order valence-electron chi connectivity index (χ3n) is 4.37. The summed E-state index contributed by atoms with van der Waals surface area (Å²) >= 11 is 0. The van der Waals surface area contributed by atoms with E-state index < -0.39 is 5.60 Å². The molecule has 1 N–H and O–H groups in total. The van der Waals surface area contributed by atoms with Gasteiger partial charge in [0, 0.05) is 6.54 Å². The predicted octanol–water partition coefficient (Wildman–Crippen LogP) is 3.30. The summed E-state index contributed by atoms with van der Waals surface area (Å²) in [5.74, 6) is 0.832. The van der Waals surface area contributed by atoms with Gasteiger partial charge in [-0.1, -0.05) is 27.7 Å². The summed E-state index contributed by atoms with van der Waals surface area (Å²) < 4.78 is 0. The molecule has 102 valence electrons. The first-order valence-electron chi connectivity index (χ1n) is 7.19. The minimum Gasteiger partial charge on any atom is -0.389 e. The molecule has 2 nitrogen and oxygen atoms in total. The zero-order valence-corrected chi connectivity index (χ0v) is 12.4. The number of β-amino-alcohol motifs (C(OH)–C–C–N with tert-alkyl or cyclic N) is 1. The maximum atomic E-state index is 10.2. The number of rotatable bonds is 3. The van der Waals surface area contributed by atoms with Gasteiger partial charge in [-0.05, 0) is 57.0 Å². The largest absolute Gasteiger partial charge is 0.389 e. The van der Waals surface area contributed by atoms with E-state index in [1.165, 1.54) is 19.3 Å². The molecule has 1 heterocycles. The number of nitrogens with zero attached hydrogens (tertiary/aromatic N) is 1. The number of likely N-dealkylation sites (tertiary alicyclic amines) is 1. The highest BCUT2D eigenvalue weighted by Crippen LogP contribution is 2.34. The number of hydrogen-bond donors (Lipinski definition) is 1. The van der Waals surface area contributed by atoms with Crippen molar-refractivity contribution in [3.8, 4) is 0 Å². The average molecular weight is 241 g/mol. The molecule has 2 heteroatoms. The van der Waals surface area contributed by atoms with Gasteiger partial charge in [-0.15, -0.1) is 0 Å². The normalized spacial score (nSPS) is 27.5. The second-order valence-corrected chi connectivity index (χ2v) is 7.12. The van der Waals surface area contributed by atoms with E-state index in [4.69, 9.17) is 0 Å². The molecule has 0 saturated carbocycles. The highest BCUT2D eigenvalue weighted by atomic mass is 16.3. The summed E-state index contributed by atoms with van der Waals surface area (Å²) in [7, 11) is 0. The summed E-state index contributed by atoms with van der Waals surface area (Å²) in [5, 5.41) is 10.2. The van der Waals surface area contributed by atoms with Gasteiger partial charge in [-0.25, -0.2) is 0 Å². The van der Waals surface area contributed by atoms with E-state index in [1.807, 2.05) is 6.92 Å². The lowest BCUT2D eigenvalue weighted by molar-refractivity contribution is 0.0167. The smallest absolute Gasteiger partial charge is 0.0743 e. The third kappa shape index (κ3) is 4.97. The van der Waals surface area contributed by atoms with Gasteiger partial charge in [0.25, 0.3) is 0 Å². The van der Waals surface area contributed by atoms with E-state index in [0.29, 0.717) is 5.41 Å². The maximum absolute atomic E-state index is 10.2. The lowest BCUT2D eigenvalue weighted by atomic mass is 9.77. The Balaban J connectivity index is 2.48. The van der Waals surface area contributed by atoms with Crippen LogP contribution in [0.15, 0.2) is 0 Å². The Kier molecular flexibility index (Phi) is 5.03. The molecule has 0 aromatic carbocycles. The van der Waals surface area contributed by atoms with E-state index in [2.05, 4.69) is 32.6 Å². The zero-order valence-electron chi connectivity index (χ0n) is 12.4. The van der Waals surface area contributed by atoms with Crippen LogP contribution in [0.2, 0.25) is 0 Å². The fraction of sp³-hybridized carbons (Fsp3) is 1.00. The van der Waals surface area contributed by atoms with Crippen molar-refractivity contribution in [2.24, 2.45) is 11.3 Å². The molecular weight excluding hydrogens is 210 g/mol. The molecule has 0 radical (unpaired) electrons. The highest BCUT2D eigenvalue weighted by Gasteiger charge is 2.29. The summed E-state index contributed by atoms with van der Waals surface area (Å²) in [5.41, 5.74) is -0.0785. The lowest BCUT2D eigenvalue weighted by Crippen LogP contribution is -2.41. The molecule has 0 amide bonds. The quantitative estimate of drug-likeness (QED) is 0.819. The summed E-state index contributed by atoms with van der Waals surface area (Å²) in [6.07, 6.45) is 4.74. The van der Waals surface area contributed by atoms with Gasteiger partial charge in [0.2, 0.25) is 0 Å². The van der Waals surface area contributed by atoms with E-state index in [9.17, 15) is 5.11 Å². The van der Waals surface area contributed by atoms with Gasteiger partial charge in [0.1, 0.15) is 0 Å². The van der Waals surface area contributed by atoms with Crippen molar-refractivity contribution in [3.63, 3.8) is 0 Å². The summed E-state index contributed by atoms with van der Waals surface area (Å²) in [6, 6.07) is 0. The molecule has 1 aliphatic rings. The SMILES string of the molecule is CCC(C)(O)CN1CCCC(C(C)(C)C)CC1.